The Morgan fingerprint density at radius 3 is 2.70 bits per heavy atom. The lowest BCUT2D eigenvalue weighted by atomic mass is 10.1. The van der Waals surface area contributed by atoms with E-state index in [4.69, 9.17) is 5.73 Å². The number of carbonyl (C=O) groups excluding carboxylic acids is 1. The second-order valence-corrected chi connectivity index (χ2v) is 5.57. The predicted molar refractivity (Wildman–Crippen MR) is 78.5 cm³/mol. The third-order valence-electron chi connectivity index (χ3n) is 2.76. The van der Waals surface area contributed by atoms with E-state index in [0.717, 1.165) is 11.3 Å². The Kier molecular flexibility index (Phi) is 4.20. The summed E-state index contributed by atoms with van der Waals surface area (Å²) in [6.45, 7) is 4.21. The third kappa shape index (κ3) is 4.20. The first-order valence-corrected chi connectivity index (χ1v) is 6.59. The van der Waals surface area contributed by atoms with Gasteiger partial charge in [-0.3, -0.25) is 4.79 Å². The van der Waals surface area contributed by atoms with Gasteiger partial charge < -0.3 is 11.1 Å². The van der Waals surface area contributed by atoms with E-state index in [1.807, 2.05) is 50.4 Å². The van der Waals surface area contributed by atoms with Crippen LogP contribution in [0.5, 0.6) is 0 Å². The molecule has 1 heterocycles. The predicted octanol–water partition coefficient (Wildman–Crippen LogP) is 1.27. The maximum Gasteiger partial charge on any atom is 0.224 e. The van der Waals surface area contributed by atoms with Crippen LogP contribution in [0.3, 0.4) is 0 Å². The smallest absolute Gasteiger partial charge is 0.224 e. The number of nitrogens with two attached hydrogens (primary N) is 1. The molecule has 0 aliphatic rings. The van der Waals surface area contributed by atoms with Crippen LogP contribution in [0.1, 0.15) is 19.4 Å². The molecule has 2 rings (SSSR count). The molecule has 1 amide bonds. The molecule has 106 valence electrons. The van der Waals surface area contributed by atoms with Crippen LogP contribution in [-0.4, -0.2) is 27.8 Å². The summed E-state index contributed by atoms with van der Waals surface area (Å²) in [4.78, 5) is 11.8. The van der Waals surface area contributed by atoms with Crippen molar-refractivity contribution in [1.82, 2.24) is 15.1 Å². The molecule has 0 spiro atoms. The highest BCUT2D eigenvalue weighted by Gasteiger charge is 2.13. The van der Waals surface area contributed by atoms with Gasteiger partial charge in [0, 0.05) is 18.3 Å². The van der Waals surface area contributed by atoms with E-state index in [2.05, 4.69) is 10.4 Å². The molecule has 5 nitrogen and oxygen atoms in total. The highest BCUT2D eigenvalue weighted by molar-refractivity contribution is 5.78. The van der Waals surface area contributed by atoms with Gasteiger partial charge in [-0.05, 0) is 31.5 Å². The first-order chi connectivity index (χ1) is 9.44. The van der Waals surface area contributed by atoms with E-state index in [1.54, 1.807) is 10.9 Å². The van der Waals surface area contributed by atoms with Gasteiger partial charge in [-0.2, -0.15) is 5.10 Å². The van der Waals surface area contributed by atoms with Gasteiger partial charge in [-0.15, -0.1) is 0 Å². The fraction of sp³-hybridized carbons (Fsp3) is 0.333. The third-order valence-corrected chi connectivity index (χ3v) is 2.76. The molecule has 2 aromatic rings. The van der Waals surface area contributed by atoms with Crippen LogP contribution in [0.4, 0.5) is 0 Å². The highest BCUT2D eigenvalue weighted by Crippen LogP contribution is 2.08. The molecule has 1 aromatic carbocycles. The molecule has 1 aromatic heterocycles. The molecular formula is C15H20N4O. The Hall–Kier alpha value is -2.14. The second-order valence-electron chi connectivity index (χ2n) is 5.57. The van der Waals surface area contributed by atoms with Gasteiger partial charge in [0.15, 0.2) is 0 Å². The number of nitrogens with one attached hydrogen (secondary N) is 1. The van der Waals surface area contributed by atoms with E-state index in [9.17, 15) is 4.79 Å². The fourth-order valence-electron chi connectivity index (χ4n) is 1.75. The molecule has 3 N–H and O–H groups in total. The fourth-order valence-corrected chi connectivity index (χ4v) is 1.75. The minimum Gasteiger partial charge on any atom is -0.354 e. The maximum absolute atomic E-state index is 11.8. The topological polar surface area (TPSA) is 72.9 Å². The SMILES string of the molecule is CC(C)(N)CNC(=O)Cc1cnn(-c2ccccc2)c1. The Morgan fingerprint density at radius 2 is 2.05 bits per heavy atom. The van der Waals surface area contributed by atoms with Crippen LogP contribution in [-0.2, 0) is 11.2 Å². The number of carbonyl (C=O) groups is 1. The van der Waals surface area contributed by atoms with Gasteiger partial charge >= 0.3 is 0 Å². The molecule has 5 heteroatoms. The summed E-state index contributed by atoms with van der Waals surface area (Å²) in [5, 5.41) is 7.08. The van der Waals surface area contributed by atoms with Crippen molar-refractivity contribution >= 4 is 5.91 Å². The Labute approximate surface area is 118 Å². The molecule has 0 atom stereocenters. The van der Waals surface area contributed by atoms with Crippen molar-refractivity contribution in [3.05, 3.63) is 48.3 Å². The summed E-state index contributed by atoms with van der Waals surface area (Å²) in [5.74, 6) is -0.0452. The minimum atomic E-state index is -0.399. The highest BCUT2D eigenvalue weighted by atomic mass is 16.1. The number of nitrogens with zero attached hydrogens (tertiary/aromatic N) is 2. The van der Waals surface area contributed by atoms with Crippen LogP contribution in [0, 0.1) is 0 Å². The summed E-state index contributed by atoms with van der Waals surface area (Å²) in [6.07, 6.45) is 3.88. The summed E-state index contributed by atoms with van der Waals surface area (Å²) < 4.78 is 1.76. The van der Waals surface area contributed by atoms with Crippen molar-refractivity contribution in [3.8, 4) is 5.69 Å². The average molecular weight is 272 g/mol. The number of benzene rings is 1. The number of hydrogen-bond donors (Lipinski definition) is 2. The summed E-state index contributed by atoms with van der Waals surface area (Å²) in [7, 11) is 0. The zero-order chi connectivity index (χ0) is 14.6. The Morgan fingerprint density at radius 1 is 1.35 bits per heavy atom. The van der Waals surface area contributed by atoms with Crippen molar-refractivity contribution in [2.75, 3.05) is 6.54 Å². The van der Waals surface area contributed by atoms with E-state index in [0.29, 0.717) is 13.0 Å². The van der Waals surface area contributed by atoms with Crippen molar-refractivity contribution < 1.29 is 4.79 Å². The van der Waals surface area contributed by atoms with Crippen LogP contribution in [0.15, 0.2) is 42.7 Å². The number of para-hydroxylation sites is 1. The van der Waals surface area contributed by atoms with Gasteiger partial charge in [0.05, 0.1) is 18.3 Å². The number of amides is 1. The van der Waals surface area contributed by atoms with E-state index in [-0.39, 0.29) is 5.91 Å². The summed E-state index contributed by atoms with van der Waals surface area (Å²) in [6, 6.07) is 9.79. The van der Waals surface area contributed by atoms with Gasteiger partial charge in [-0.25, -0.2) is 4.68 Å². The summed E-state index contributed by atoms with van der Waals surface area (Å²) in [5.41, 5.74) is 7.28. The molecule has 0 aliphatic heterocycles. The molecule has 20 heavy (non-hydrogen) atoms. The molecule has 0 bridgehead atoms. The van der Waals surface area contributed by atoms with Crippen molar-refractivity contribution in [2.24, 2.45) is 5.73 Å². The molecule has 0 radical (unpaired) electrons. The molecule has 0 aliphatic carbocycles. The number of rotatable bonds is 5. The lowest BCUT2D eigenvalue weighted by Crippen LogP contribution is -2.45. The van der Waals surface area contributed by atoms with E-state index in [1.165, 1.54) is 0 Å². The van der Waals surface area contributed by atoms with Gasteiger partial charge in [0.2, 0.25) is 5.91 Å². The zero-order valence-electron chi connectivity index (χ0n) is 11.8. The van der Waals surface area contributed by atoms with Crippen molar-refractivity contribution in [2.45, 2.75) is 25.8 Å². The number of aromatic nitrogens is 2. The van der Waals surface area contributed by atoms with Gasteiger partial charge in [-0.1, -0.05) is 18.2 Å². The van der Waals surface area contributed by atoms with Crippen LogP contribution in [0.2, 0.25) is 0 Å². The lowest BCUT2D eigenvalue weighted by Gasteiger charge is -2.18. The molecule has 0 saturated heterocycles. The Balaban J connectivity index is 1.95. The summed E-state index contributed by atoms with van der Waals surface area (Å²) >= 11 is 0. The normalized spacial score (nSPS) is 11.3. The maximum atomic E-state index is 11.8. The minimum absolute atomic E-state index is 0.0452. The molecule has 0 saturated carbocycles. The van der Waals surface area contributed by atoms with Crippen LogP contribution < -0.4 is 11.1 Å². The van der Waals surface area contributed by atoms with E-state index >= 15 is 0 Å². The molecule has 0 fully saturated rings. The zero-order valence-corrected chi connectivity index (χ0v) is 11.8. The quantitative estimate of drug-likeness (QED) is 0.861. The Bertz CT molecular complexity index is 569. The largest absolute Gasteiger partial charge is 0.354 e. The van der Waals surface area contributed by atoms with Crippen LogP contribution in [0.25, 0.3) is 5.69 Å². The molecular weight excluding hydrogens is 252 g/mol. The monoisotopic (exact) mass is 272 g/mol. The first kappa shape index (κ1) is 14.3. The average Bonchev–Trinajstić information content (AvgIpc) is 2.85. The van der Waals surface area contributed by atoms with Crippen molar-refractivity contribution in [3.63, 3.8) is 0 Å². The number of hydrogen-bond acceptors (Lipinski definition) is 3. The standard InChI is InChI=1S/C15H20N4O/c1-15(2,16)11-17-14(20)8-12-9-18-19(10-12)13-6-4-3-5-7-13/h3-7,9-10H,8,11,16H2,1-2H3,(H,17,20). The van der Waals surface area contributed by atoms with Crippen molar-refractivity contribution in [1.29, 1.82) is 0 Å². The van der Waals surface area contributed by atoms with Crippen LogP contribution >= 0.6 is 0 Å². The first-order valence-electron chi connectivity index (χ1n) is 6.59. The van der Waals surface area contributed by atoms with Gasteiger partial charge in [0.25, 0.3) is 0 Å². The van der Waals surface area contributed by atoms with Gasteiger partial charge in [0.1, 0.15) is 0 Å². The van der Waals surface area contributed by atoms with E-state index < -0.39 is 5.54 Å². The molecule has 0 unspecified atom stereocenters. The second kappa shape index (κ2) is 5.88. The lowest BCUT2D eigenvalue weighted by molar-refractivity contribution is -0.120.